The summed E-state index contributed by atoms with van der Waals surface area (Å²) in [6.45, 7) is 2.33. The maximum Gasteiger partial charge on any atom is 0.242 e. The summed E-state index contributed by atoms with van der Waals surface area (Å²) in [5, 5.41) is 3.54. The Morgan fingerprint density at radius 2 is 1.44 bits per heavy atom. The smallest absolute Gasteiger partial charge is 0.242 e. The summed E-state index contributed by atoms with van der Waals surface area (Å²) in [7, 11) is 4.71. The van der Waals surface area contributed by atoms with Crippen LogP contribution >= 0.6 is 11.6 Å². The first-order chi connectivity index (χ1) is 17.3. The molecule has 1 atom stereocenters. The van der Waals surface area contributed by atoms with Crippen molar-refractivity contribution in [1.82, 2.24) is 10.2 Å². The van der Waals surface area contributed by atoms with Gasteiger partial charge in [0.1, 0.15) is 11.8 Å². The summed E-state index contributed by atoms with van der Waals surface area (Å²) < 4.78 is 15.8. The Hall–Kier alpha value is -3.71. The number of rotatable bonds is 11. The molecule has 7 nitrogen and oxygen atoms in total. The van der Waals surface area contributed by atoms with Crippen molar-refractivity contribution >= 4 is 23.4 Å². The number of carbonyl (C=O) groups excluding carboxylic acids is 2. The first kappa shape index (κ1) is 26.9. The predicted octanol–water partition coefficient (Wildman–Crippen LogP) is 4.64. The zero-order chi connectivity index (χ0) is 26.1. The zero-order valence-corrected chi connectivity index (χ0v) is 21.7. The fourth-order valence-electron chi connectivity index (χ4n) is 3.72. The maximum absolute atomic E-state index is 13.5. The van der Waals surface area contributed by atoms with E-state index in [4.69, 9.17) is 25.8 Å². The zero-order valence-electron chi connectivity index (χ0n) is 20.9. The fourth-order valence-corrected chi connectivity index (χ4v) is 3.84. The second kappa shape index (κ2) is 12.8. The van der Waals surface area contributed by atoms with Crippen LogP contribution in [0.3, 0.4) is 0 Å². The van der Waals surface area contributed by atoms with Crippen molar-refractivity contribution in [2.75, 3.05) is 21.3 Å². The first-order valence-corrected chi connectivity index (χ1v) is 11.9. The molecule has 1 N–H and O–H groups in total. The number of carbonyl (C=O) groups is 2. The molecule has 3 rings (SSSR count). The Morgan fingerprint density at radius 1 is 0.833 bits per heavy atom. The minimum atomic E-state index is -0.702. The van der Waals surface area contributed by atoms with E-state index in [0.717, 1.165) is 22.4 Å². The molecule has 0 bridgehead atoms. The Balaban J connectivity index is 1.76. The van der Waals surface area contributed by atoms with Gasteiger partial charge in [0.15, 0.2) is 11.5 Å². The molecular weight excluding hydrogens is 480 g/mol. The van der Waals surface area contributed by atoms with E-state index in [0.29, 0.717) is 23.1 Å². The van der Waals surface area contributed by atoms with Gasteiger partial charge in [-0.1, -0.05) is 41.9 Å². The molecule has 36 heavy (non-hydrogen) atoms. The number of nitrogens with one attached hydrogen (secondary N) is 1. The lowest BCUT2D eigenvalue weighted by molar-refractivity contribution is -0.140. The van der Waals surface area contributed by atoms with Gasteiger partial charge in [0.25, 0.3) is 0 Å². The summed E-state index contributed by atoms with van der Waals surface area (Å²) in [6, 6.07) is 19.3. The van der Waals surface area contributed by atoms with Gasteiger partial charge in [-0.05, 0) is 60.0 Å². The summed E-state index contributed by atoms with van der Waals surface area (Å²) in [5.41, 5.74) is 2.55. The topological polar surface area (TPSA) is 77.1 Å². The Kier molecular flexibility index (Phi) is 9.59. The minimum absolute atomic E-state index is 0.101. The van der Waals surface area contributed by atoms with Crippen LogP contribution in [0.25, 0.3) is 0 Å². The highest BCUT2D eigenvalue weighted by Gasteiger charge is 2.26. The van der Waals surface area contributed by atoms with Gasteiger partial charge in [0.05, 0.1) is 27.8 Å². The monoisotopic (exact) mass is 510 g/mol. The molecule has 3 aromatic rings. The number of ether oxygens (including phenoxy) is 3. The first-order valence-electron chi connectivity index (χ1n) is 11.5. The third-order valence-corrected chi connectivity index (χ3v) is 6.11. The highest BCUT2D eigenvalue weighted by atomic mass is 35.5. The third kappa shape index (κ3) is 7.15. The average molecular weight is 511 g/mol. The fraction of sp³-hybridized carbons (Fsp3) is 0.286. The van der Waals surface area contributed by atoms with Crippen molar-refractivity contribution in [3.63, 3.8) is 0 Å². The third-order valence-electron chi connectivity index (χ3n) is 5.86. The van der Waals surface area contributed by atoms with E-state index >= 15 is 0 Å². The van der Waals surface area contributed by atoms with Crippen molar-refractivity contribution in [2.24, 2.45) is 0 Å². The van der Waals surface area contributed by atoms with Gasteiger partial charge in [0.2, 0.25) is 11.8 Å². The molecule has 0 aliphatic heterocycles. The van der Waals surface area contributed by atoms with Gasteiger partial charge in [-0.2, -0.15) is 0 Å². The highest BCUT2D eigenvalue weighted by molar-refractivity contribution is 6.30. The number of hydrogen-bond acceptors (Lipinski definition) is 5. The second-order valence-electron chi connectivity index (χ2n) is 8.26. The van der Waals surface area contributed by atoms with Gasteiger partial charge < -0.3 is 24.4 Å². The summed E-state index contributed by atoms with van der Waals surface area (Å²) >= 11 is 6.03. The molecular formula is C28H31ClN2O5. The van der Waals surface area contributed by atoms with E-state index in [1.807, 2.05) is 42.5 Å². The van der Waals surface area contributed by atoms with Crippen molar-refractivity contribution in [3.8, 4) is 17.2 Å². The van der Waals surface area contributed by atoms with Crippen LogP contribution in [0, 0.1) is 0 Å². The second-order valence-corrected chi connectivity index (χ2v) is 8.69. The molecule has 8 heteroatoms. The molecule has 0 aliphatic rings. The summed E-state index contributed by atoms with van der Waals surface area (Å²) in [6.07, 6.45) is 0.101. The minimum Gasteiger partial charge on any atom is -0.497 e. The van der Waals surface area contributed by atoms with E-state index in [1.54, 1.807) is 57.4 Å². The van der Waals surface area contributed by atoms with Crippen molar-refractivity contribution in [3.05, 3.63) is 88.4 Å². The van der Waals surface area contributed by atoms with Gasteiger partial charge in [0, 0.05) is 18.1 Å². The summed E-state index contributed by atoms with van der Waals surface area (Å²) in [4.78, 5) is 28.1. The lowest BCUT2D eigenvalue weighted by atomic mass is 10.1. The lowest BCUT2D eigenvalue weighted by Gasteiger charge is -2.29. The molecule has 1 unspecified atom stereocenters. The van der Waals surface area contributed by atoms with E-state index in [1.165, 1.54) is 0 Å². The number of nitrogens with zero attached hydrogens (tertiary/aromatic N) is 1. The number of halogens is 1. The van der Waals surface area contributed by atoms with Crippen LogP contribution in [-0.2, 0) is 29.1 Å². The van der Waals surface area contributed by atoms with E-state index < -0.39 is 6.04 Å². The van der Waals surface area contributed by atoms with Crippen LogP contribution in [0.2, 0.25) is 5.02 Å². The van der Waals surface area contributed by atoms with Crippen LogP contribution in [0.15, 0.2) is 66.7 Å². The Bertz CT molecular complexity index is 1170. The molecule has 3 aromatic carbocycles. The number of amides is 2. The van der Waals surface area contributed by atoms with Crippen LogP contribution in [0.1, 0.15) is 23.6 Å². The quantitative estimate of drug-likeness (QED) is 0.406. The van der Waals surface area contributed by atoms with Crippen molar-refractivity contribution < 1.29 is 23.8 Å². The SMILES string of the molecule is COc1ccc(CNC(=O)C(C)N(Cc2ccc(Cl)cc2)C(=O)Cc2ccc(OC)c(OC)c2)cc1. The highest BCUT2D eigenvalue weighted by Crippen LogP contribution is 2.28. The van der Waals surface area contributed by atoms with Gasteiger partial charge in [-0.15, -0.1) is 0 Å². The molecule has 0 aliphatic carbocycles. The molecule has 0 saturated carbocycles. The predicted molar refractivity (Wildman–Crippen MR) is 140 cm³/mol. The molecule has 190 valence electrons. The number of benzene rings is 3. The van der Waals surface area contributed by atoms with Crippen molar-refractivity contribution in [2.45, 2.75) is 32.5 Å². The molecule has 0 fully saturated rings. The van der Waals surface area contributed by atoms with Crippen LogP contribution in [0.4, 0.5) is 0 Å². The average Bonchev–Trinajstić information content (AvgIpc) is 2.91. The molecule has 0 spiro atoms. The number of hydrogen-bond donors (Lipinski definition) is 1. The van der Waals surface area contributed by atoms with Crippen LogP contribution in [0.5, 0.6) is 17.2 Å². The summed E-state index contributed by atoms with van der Waals surface area (Å²) in [5.74, 6) is 1.42. The molecule has 2 amide bonds. The maximum atomic E-state index is 13.5. The van der Waals surface area contributed by atoms with E-state index in [-0.39, 0.29) is 24.8 Å². The van der Waals surface area contributed by atoms with Crippen LogP contribution in [-0.4, -0.2) is 44.1 Å². The normalized spacial score (nSPS) is 11.4. The molecule has 0 saturated heterocycles. The lowest BCUT2D eigenvalue weighted by Crippen LogP contribution is -2.48. The van der Waals surface area contributed by atoms with Gasteiger partial charge in [-0.25, -0.2) is 0 Å². The van der Waals surface area contributed by atoms with E-state index in [2.05, 4.69) is 5.32 Å². The Labute approximate surface area is 216 Å². The standard InChI is InChI=1S/C28H31ClN2O5/c1-19(28(33)30-17-20-7-12-24(34-2)13-8-20)31(18-21-5-10-23(29)11-6-21)27(32)16-22-9-14-25(35-3)26(15-22)36-4/h5-15,19H,16-18H2,1-4H3,(H,30,33). The van der Waals surface area contributed by atoms with Gasteiger partial charge >= 0.3 is 0 Å². The molecule has 0 aromatic heterocycles. The Morgan fingerprint density at radius 3 is 2.06 bits per heavy atom. The molecule has 0 heterocycles. The van der Waals surface area contributed by atoms with Crippen molar-refractivity contribution in [1.29, 1.82) is 0 Å². The largest absolute Gasteiger partial charge is 0.497 e. The van der Waals surface area contributed by atoms with Crippen LogP contribution < -0.4 is 19.5 Å². The van der Waals surface area contributed by atoms with E-state index in [9.17, 15) is 9.59 Å². The molecule has 0 radical (unpaired) electrons. The number of methoxy groups -OCH3 is 3. The van der Waals surface area contributed by atoms with Gasteiger partial charge in [-0.3, -0.25) is 9.59 Å².